The molecule has 128 valence electrons. The van der Waals surface area contributed by atoms with Gasteiger partial charge < -0.3 is 14.9 Å². The van der Waals surface area contributed by atoms with Crippen molar-refractivity contribution >= 4 is 11.9 Å². The van der Waals surface area contributed by atoms with Crippen LogP contribution in [-0.4, -0.2) is 28.7 Å². The molecule has 7 heteroatoms. The van der Waals surface area contributed by atoms with E-state index in [2.05, 4.69) is 10.5 Å². The van der Waals surface area contributed by atoms with Crippen LogP contribution in [0.5, 0.6) is 0 Å². The van der Waals surface area contributed by atoms with Gasteiger partial charge in [0.15, 0.2) is 0 Å². The average Bonchev–Trinajstić information content (AvgIpc) is 2.88. The summed E-state index contributed by atoms with van der Waals surface area (Å²) in [4.78, 5) is 22.6. The quantitative estimate of drug-likeness (QED) is 0.847. The number of nitrogens with zero attached hydrogens (tertiary/aromatic N) is 1. The number of aliphatic carboxylic acids is 1. The fourth-order valence-electron chi connectivity index (χ4n) is 2.38. The lowest BCUT2D eigenvalue weighted by molar-refractivity contribution is -0.136. The highest BCUT2D eigenvalue weighted by atomic mass is 19.1. The normalized spacial score (nSPS) is 10.9. The number of amides is 1. The number of benzene rings is 1. The smallest absolute Gasteiger partial charge is 0.305 e. The summed E-state index contributed by atoms with van der Waals surface area (Å²) in [7, 11) is 0. The molecule has 24 heavy (non-hydrogen) atoms. The first-order valence-corrected chi connectivity index (χ1v) is 7.56. The molecule has 0 unspecified atom stereocenters. The van der Waals surface area contributed by atoms with Crippen LogP contribution < -0.4 is 5.32 Å². The molecule has 0 fully saturated rings. The fourth-order valence-corrected chi connectivity index (χ4v) is 2.38. The lowest BCUT2D eigenvalue weighted by Crippen LogP contribution is -2.26. The number of aryl methyl sites for hydroxylation is 1. The summed E-state index contributed by atoms with van der Waals surface area (Å²) in [5.74, 6) is -1.44. The number of hydrogen-bond donors (Lipinski definition) is 2. The Balaban J connectivity index is 2.34. The predicted octanol–water partition coefficient (Wildman–Crippen LogP) is 3.12. The summed E-state index contributed by atoms with van der Waals surface area (Å²) in [5, 5.41) is 15.0. The molecule has 2 rings (SSSR count). The van der Waals surface area contributed by atoms with Crippen LogP contribution in [0.3, 0.4) is 0 Å². The van der Waals surface area contributed by atoms with Gasteiger partial charge in [-0.25, -0.2) is 4.39 Å². The molecular formula is C17H19FN2O4. The lowest BCUT2D eigenvalue weighted by Gasteiger charge is -2.09. The van der Waals surface area contributed by atoms with Crippen molar-refractivity contribution in [3.8, 4) is 11.1 Å². The first-order chi connectivity index (χ1) is 11.3. The third-order valence-electron chi connectivity index (χ3n) is 3.49. The van der Waals surface area contributed by atoms with Crippen molar-refractivity contribution in [3.63, 3.8) is 0 Å². The van der Waals surface area contributed by atoms with Crippen molar-refractivity contribution in [2.75, 3.05) is 6.54 Å². The van der Waals surface area contributed by atoms with E-state index < -0.39 is 17.7 Å². The molecule has 0 aliphatic heterocycles. The van der Waals surface area contributed by atoms with Gasteiger partial charge in [0.1, 0.15) is 11.6 Å². The molecular weight excluding hydrogens is 315 g/mol. The number of carboxylic acids is 1. The third-order valence-corrected chi connectivity index (χ3v) is 3.49. The molecule has 0 aliphatic carbocycles. The summed E-state index contributed by atoms with van der Waals surface area (Å²) in [5.41, 5.74) is 1.90. The highest BCUT2D eigenvalue weighted by Gasteiger charge is 2.20. The topological polar surface area (TPSA) is 92.4 Å². The van der Waals surface area contributed by atoms with E-state index in [1.807, 2.05) is 13.8 Å². The SMILES string of the molecule is Cc1noc(C(C)C)c1-c1cc(F)cc(C(=O)NCCC(=O)O)c1. The number of carbonyl (C=O) groups is 2. The highest BCUT2D eigenvalue weighted by molar-refractivity contribution is 5.95. The number of rotatable bonds is 6. The number of aromatic nitrogens is 1. The van der Waals surface area contributed by atoms with Crippen molar-refractivity contribution in [2.45, 2.75) is 33.1 Å². The van der Waals surface area contributed by atoms with Gasteiger partial charge in [-0.1, -0.05) is 19.0 Å². The largest absolute Gasteiger partial charge is 0.481 e. The Bertz CT molecular complexity index is 768. The van der Waals surface area contributed by atoms with Gasteiger partial charge in [-0.2, -0.15) is 0 Å². The minimum atomic E-state index is -1.02. The second-order valence-electron chi connectivity index (χ2n) is 5.79. The summed E-state index contributed by atoms with van der Waals surface area (Å²) in [6.45, 7) is 5.59. The van der Waals surface area contributed by atoms with Gasteiger partial charge in [-0.05, 0) is 30.7 Å². The standard InChI is InChI=1S/C17H19FN2O4/c1-9(2)16-15(10(3)20-24-16)11-6-12(8-13(18)7-11)17(23)19-5-4-14(21)22/h6-9H,4-5H2,1-3H3,(H,19,23)(H,21,22). The Morgan fingerprint density at radius 2 is 2.04 bits per heavy atom. The first kappa shape index (κ1) is 17.7. The Morgan fingerprint density at radius 1 is 1.33 bits per heavy atom. The zero-order valence-electron chi connectivity index (χ0n) is 13.7. The van der Waals surface area contributed by atoms with E-state index in [4.69, 9.17) is 9.63 Å². The highest BCUT2D eigenvalue weighted by Crippen LogP contribution is 2.33. The molecule has 6 nitrogen and oxygen atoms in total. The van der Waals surface area contributed by atoms with Crippen molar-refractivity contribution < 1.29 is 23.6 Å². The van der Waals surface area contributed by atoms with Crippen LogP contribution >= 0.6 is 0 Å². The van der Waals surface area contributed by atoms with Crippen molar-refractivity contribution in [1.29, 1.82) is 0 Å². The minimum absolute atomic E-state index is 0.0243. The van der Waals surface area contributed by atoms with Gasteiger partial charge in [-0.3, -0.25) is 9.59 Å². The van der Waals surface area contributed by atoms with E-state index in [1.54, 1.807) is 13.0 Å². The van der Waals surface area contributed by atoms with E-state index in [0.29, 0.717) is 22.6 Å². The van der Waals surface area contributed by atoms with Gasteiger partial charge >= 0.3 is 5.97 Å². The van der Waals surface area contributed by atoms with Gasteiger partial charge in [0.2, 0.25) is 0 Å². The summed E-state index contributed by atoms with van der Waals surface area (Å²) < 4.78 is 19.3. The Labute approximate surface area is 138 Å². The lowest BCUT2D eigenvalue weighted by atomic mass is 9.96. The molecule has 2 aromatic rings. The second kappa shape index (κ2) is 7.25. The van der Waals surface area contributed by atoms with Crippen molar-refractivity contribution in [3.05, 3.63) is 41.0 Å². The van der Waals surface area contributed by atoms with Crippen molar-refractivity contribution in [1.82, 2.24) is 10.5 Å². The zero-order valence-corrected chi connectivity index (χ0v) is 13.7. The molecule has 0 radical (unpaired) electrons. The first-order valence-electron chi connectivity index (χ1n) is 7.56. The second-order valence-corrected chi connectivity index (χ2v) is 5.79. The number of carbonyl (C=O) groups excluding carboxylic acids is 1. The van der Waals surface area contributed by atoms with E-state index in [-0.39, 0.29) is 24.4 Å². The maximum absolute atomic E-state index is 14.0. The van der Waals surface area contributed by atoms with Gasteiger partial charge in [0, 0.05) is 23.6 Å². The van der Waals surface area contributed by atoms with E-state index in [0.717, 1.165) is 6.07 Å². The molecule has 0 aliphatic rings. The van der Waals surface area contributed by atoms with E-state index in [1.165, 1.54) is 6.07 Å². The maximum Gasteiger partial charge on any atom is 0.305 e. The van der Waals surface area contributed by atoms with Crippen molar-refractivity contribution in [2.24, 2.45) is 0 Å². The third kappa shape index (κ3) is 3.98. The molecule has 1 aromatic carbocycles. The molecule has 1 amide bonds. The Hall–Kier alpha value is -2.70. The average molecular weight is 334 g/mol. The molecule has 1 aromatic heterocycles. The van der Waals surface area contributed by atoms with Crippen LogP contribution in [-0.2, 0) is 4.79 Å². The van der Waals surface area contributed by atoms with Crippen LogP contribution in [0.2, 0.25) is 0 Å². The molecule has 0 bridgehead atoms. The van der Waals surface area contributed by atoms with Crippen LogP contribution in [0, 0.1) is 12.7 Å². The van der Waals surface area contributed by atoms with Gasteiger partial charge in [-0.15, -0.1) is 0 Å². The van der Waals surface area contributed by atoms with Gasteiger partial charge in [0.25, 0.3) is 5.91 Å². The fraction of sp³-hybridized carbons (Fsp3) is 0.353. The van der Waals surface area contributed by atoms with Crippen LogP contribution in [0.1, 0.15) is 48.0 Å². The minimum Gasteiger partial charge on any atom is -0.481 e. The number of nitrogens with one attached hydrogen (secondary N) is 1. The molecule has 2 N–H and O–H groups in total. The summed E-state index contributed by atoms with van der Waals surface area (Å²) in [6.07, 6.45) is -0.198. The van der Waals surface area contributed by atoms with E-state index >= 15 is 0 Å². The van der Waals surface area contributed by atoms with Crippen LogP contribution in [0.15, 0.2) is 22.7 Å². The monoisotopic (exact) mass is 334 g/mol. The molecule has 0 saturated heterocycles. The Morgan fingerprint density at radius 3 is 2.67 bits per heavy atom. The predicted molar refractivity (Wildman–Crippen MR) is 85.3 cm³/mol. The molecule has 0 saturated carbocycles. The van der Waals surface area contributed by atoms with Gasteiger partial charge in [0.05, 0.1) is 12.1 Å². The number of hydrogen-bond acceptors (Lipinski definition) is 4. The molecule has 0 spiro atoms. The van der Waals surface area contributed by atoms with Crippen LogP contribution in [0.25, 0.3) is 11.1 Å². The van der Waals surface area contributed by atoms with E-state index in [9.17, 15) is 14.0 Å². The molecule has 0 atom stereocenters. The number of carboxylic acid groups (broad SMARTS) is 1. The number of halogens is 1. The maximum atomic E-state index is 14.0. The zero-order chi connectivity index (χ0) is 17.9. The summed E-state index contributed by atoms with van der Waals surface area (Å²) >= 11 is 0. The summed E-state index contributed by atoms with van der Waals surface area (Å²) in [6, 6.07) is 3.97. The Kier molecular flexibility index (Phi) is 5.33. The van der Waals surface area contributed by atoms with Crippen LogP contribution in [0.4, 0.5) is 4.39 Å². The molecule has 1 heterocycles.